The second-order valence-corrected chi connectivity index (χ2v) is 6.17. The van der Waals surface area contributed by atoms with Crippen LogP contribution < -0.4 is 15.0 Å². The Morgan fingerprint density at radius 2 is 2.11 bits per heavy atom. The van der Waals surface area contributed by atoms with E-state index in [9.17, 15) is 0 Å². The van der Waals surface area contributed by atoms with Gasteiger partial charge in [-0.05, 0) is 31.4 Å². The summed E-state index contributed by atoms with van der Waals surface area (Å²) in [7, 11) is 0. The van der Waals surface area contributed by atoms with E-state index in [1.165, 1.54) is 5.69 Å². The van der Waals surface area contributed by atoms with Crippen molar-refractivity contribution in [3.05, 3.63) is 24.3 Å². The van der Waals surface area contributed by atoms with Gasteiger partial charge in [-0.25, -0.2) is 0 Å². The van der Waals surface area contributed by atoms with Gasteiger partial charge >= 0.3 is 0 Å². The van der Waals surface area contributed by atoms with Crippen molar-refractivity contribution in [2.45, 2.75) is 33.7 Å². The van der Waals surface area contributed by atoms with E-state index in [0.29, 0.717) is 12.6 Å². The van der Waals surface area contributed by atoms with Gasteiger partial charge in [0.2, 0.25) is 0 Å². The van der Waals surface area contributed by atoms with E-state index in [4.69, 9.17) is 4.74 Å². The van der Waals surface area contributed by atoms with E-state index in [2.05, 4.69) is 49.2 Å². The Morgan fingerprint density at radius 1 is 1.37 bits per heavy atom. The van der Waals surface area contributed by atoms with Crippen molar-refractivity contribution in [2.75, 3.05) is 31.1 Å². The van der Waals surface area contributed by atoms with Gasteiger partial charge in [-0.1, -0.05) is 26.0 Å². The molecular formula is C16H26N2O. The van der Waals surface area contributed by atoms with Crippen LogP contribution in [-0.2, 0) is 0 Å². The minimum absolute atomic E-state index is 0.268. The molecule has 2 rings (SSSR count). The molecule has 1 fully saturated rings. The topological polar surface area (TPSA) is 24.5 Å². The maximum absolute atomic E-state index is 5.79. The fourth-order valence-corrected chi connectivity index (χ4v) is 2.70. The Labute approximate surface area is 116 Å². The first-order valence-electron chi connectivity index (χ1n) is 7.23. The van der Waals surface area contributed by atoms with Crippen molar-refractivity contribution in [3.8, 4) is 5.75 Å². The van der Waals surface area contributed by atoms with E-state index in [0.717, 1.165) is 25.4 Å². The van der Waals surface area contributed by atoms with Crippen molar-refractivity contribution in [1.82, 2.24) is 5.32 Å². The average molecular weight is 262 g/mol. The fraction of sp³-hybridized carbons (Fsp3) is 0.625. The van der Waals surface area contributed by atoms with E-state index in [-0.39, 0.29) is 5.41 Å². The minimum Gasteiger partial charge on any atom is -0.492 e. The molecule has 3 heteroatoms. The Kier molecular flexibility index (Phi) is 4.35. The van der Waals surface area contributed by atoms with Crippen molar-refractivity contribution < 1.29 is 4.74 Å². The van der Waals surface area contributed by atoms with Crippen molar-refractivity contribution in [2.24, 2.45) is 5.41 Å². The highest BCUT2D eigenvalue weighted by atomic mass is 16.5. The number of ether oxygens (including phenoxy) is 1. The predicted octanol–water partition coefficient (Wildman–Crippen LogP) is 2.91. The quantitative estimate of drug-likeness (QED) is 0.906. The van der Waals surface area contributed by atoms with E-state index in [1.807, 2.05) is 13.0 Å². The number of anilines is 1. The Hall–Kier alpha value is -1.22. The summed E-state index contributed by atoms with van der Waals surface area (Å²) >= 11 is 0. The molecule has 0 bridgehead atoms. The van der Waals surface area contributed by atoms with Crippen LogP contribution in [0.4, 0.5) is 5.69 Å². The molecule has 1 saturated heterocycles. The molecule has 0 spiro atoms. The molecule has 1 aliphatic rings. The molecule has 1 aromatic rings. The van der Waals surface area contributed by atoms with Gasteiger partial charge in [0.15, 0.2) is 0 Å². The molecule has 1 aliphatic heterocycles. The predicted molar refractivity (Wildman–Crippen MR) is 81.1 cm³/mol. The molecule has 3 nitrogen and oxygen atoms in total. The van der Waals surface area contributed by atoms with Crippen molar-refractivity contribution >= 4 is 5.69 Å². The molecule has 0 radical (unpaired) electrons. The summed E-state index contributed by atoms with van der Waals surface area (Å²) in [4.78, 5) is 2.48. The van der Waals surface area contributed by atoms with Gasteiger partial charge in [-0.3, -0.25) is 0 Å². The van der Waals surface area contributed by atoms with Gasteiger partial charge in [-0.2, -0.15) is 0 Å². The Morgan fingerprint density at radius 3 is 2.84 bits per heavy atom. The summed E-state index contributed by atoms with van der Waals surface area (Å²) in [6.45, 7) is 12.8. The summed E-state index contributed by atoms with van der Waals surface area (Å²) in [6.07, 6.45) is 0. The molecule has 106 valence electrons. The number of nitrogens with zero attached hydrogens (tertiary/aromatic N) is 1. The van der Waals surface area contributed by atoms with E-state index >= 15 is 0 Å². The molecular weight excluding hydrogens is 236 g/mol. The lowest BCUT2D eigenvalue weighted by molar-refractivity contribution is 0.336. The second kappa shape index (κ2) is 5.83. The number of benzene rings is 1. The molecule has 1 N–H and O–H groups in total. The van der Waals surface area contributed by atoms with Gasteiger partial charge in [-0.15, -0.1) is 0 Å². The lowest BCUT2D eigenvalue weighted by Crippen LogP contribution is -2.40. The smallest absolute Gasteiger partial charge is 0.142 e. The number of hydrogen-bond acceptors (Lipinski definition) is 3. The zero-order chi connectivity index (χ0) is 13.9. The summed E-state index contributed by atoms with van der Waals surface area (Å²) in [5, 5.41) is 3.56. The normalized spacial score (nSPS) is 22.9. The molecule has 0 aliphatic carbocycles. The van der Waals surface area contributed by atoms with Crippen LogP contribution in [0.15, 0.2) is 24.3 Å². The SMILES string of the molecule is CCOc1ccccc1N1CC(C)(C)CNCC1C. The largest absolute Gasteiger partial charge is 0.492 e. The van der Waals surface area contributed by atoms with E-state index in [1.54, 1.807) is 0 Å². The fourth-order valence-electron chi connectivity index (χ4n) is 2.70. The number of hydrogen-bond donors (Lipinski definition) is 1. The molecule has 0 saturated carbocycles. The molecule has 1 atom stereocenters. The highest BCUT2D eigenvalue weighted by molar-refractivity contribution is 5.59. The van der Waals surface area contributed by atoms with Crippen LogP contribution in [0.2, 0.25) is 0 Å². The van der Waals surface area contributed by atoms with Crippen molar-refractivity contribution in [3.63, 3.8) is 0 Å². The number of para-hydroxylation sites is 2. The third-order valence-electron chi connectivity index (χ3n) is 3.65. The average Bonchev–Trinajstić information content (AvgIpc) is 2.49. The van der Waals surface area contributed by atoms with Crippen LogP contribution in [0.3, 0.4) is 0 Å². The first-order valence-corrected chi connectivity index (χ1v) is 7.23. The standard InChI is InChI=1S/C16H26N2O/c1-5-19-15-9-7-6-8-14(15)18-12-16(3,4)11-17-10-13(18)2/h6-9,13,17H,5,10-12H2,1-4H3. The zero-order valence-electron chi connectivity index (χ0n) is 12.6. The number of rotatable bonds is 3. The van der Waals surface area contributed by atoms with Crippen LogP contribution in [0.1, 0.15) is 27.7 Å². The third kappa shape index (κ3) is 3.41. The molecule has 0 aromatic heterocycles. The highest BCUT2D eigenvalue weighted by Crippen LogP contribution is 2.33. The third-order valence-corrected chi connectivity index (χ3v) is 3.65. The van der Waals surface area contributed by atoms with Crippen LogP contribution >= 0.6 is 0 Å². The van der Waals surface area contributed by atoms with Gasteiger partial charge in [0.05, 0.1) is 12.3 Å². The highest BCUT2D eigenvalue weighted by Gasteiger charge is 2.29. The first kappa shape index (κ1) is 14.2. The summed E-state index contributed by atoms with van der Waals surface area (Å²) < 4.78 is 5.79. The van der Waals surface area contributed by atoms with Gasteiger partial charge in [0, 0.05) is 25.7 Å². The zero-order valence-corrected chi connectivity index (χ0v) is 12.6. The second-order valence-electron chi connectivity index (χ2n) is 6.17. The summed E-state index contributed by atoms with van der Waals surface area (Å²) in [5.41, 5.74) is 1.48. The lowest BCUT2D eigenvalue weighted by Gasteiger charge is -2.35. The molecule has 1 unspecified atom stereocenters. The molecule has 1 aromatic carbocycles. The van der Waals surface area contributed by atoms with Gasteiger partial charge in [0.1, 0.15) is 5.75 Å². The van der Waals surface area contributed by atoms with Crippen LogP contribution in [0, 0.1) is 5.41 Å². The maximum atomic E-state index is 5.79. The molecule has 0 amide bonds. The first-order chi connectivity index (χ1) is 9.03. The van der Waals surface area contributed by atoms with E-state index < -0.39 is 0 Å². The minimum atomic E-state index is 0.268. The van der Waals surface area contributed by atoms with Crippen molar-refractivity contribution in [1.29, 1.82) is 0 Å². The summed E-state index contributed by atoms with van der Waals surface area (Å²) in [6, 6.07) is 8.85. The molecule has 1 heterocycles. The Balaban J connectivity index is 2.32. The number of nitrogens with one attached hydrogen (secondary N) is 1. The summed E-state index contributed by atoms with van der Waals surface area (Å²) in [5.74, 6) is 0.995. The Bertz CT molecular complexity index is 417. The van der Waals surface area contributed by atoms with Crippen LogP contribution in [0.5, 0.6) is 5.75 Å². The van der Waals surface area contributed by atoms with Crippen LogP contribution in [-0.4, -0.2) is 32.3 Å². The monoisotopic (exact) mass is 262 g/mol. The van der Waals surface area contributed by atoms with Gasteiger partial charge < -0.3 is 15.0 Å². The lowest BCUT2D eigenvalue weighted by atomic mass is 9.93. The van der Waals surface area contributed by atoms with Gasteiger partial charge in [0.25, 0.3) is 0 Å². The maximum Gasteiger partial charge on any atom is 0.142 e. The van der Waals surface area contributed by atoms with Crippen LogP contribution in [0.25, 0.3) is 0 Å². The molecule has 19 heavy (non-hydrogen) atoms.